The lowest BCUT2D eigenvalue weighted by Gasteiger charge is -2.37. The summed E-state index contributed by atoms with van der Waals surface area (Å²) in [5.74, 6) is -22.5. The zero-order valence-corrected chi connectivity index (χ0v) is 13.3. The van der Waals surface area contributed by atoms with Crippen LogP contribution in [0.1, 0.15) is 33.1 Å². The second kappa shape index (κ2) is 7.86. The van der Waals surface area contributed by atoms with Crippen LogP contribution in [0.3, 0.4) is 0 Å². The van der Waals surface area contributed by atoms with Gasteiger partial charge < -0.3 is 4.74 Å². The average Bonchev–Trinajstić information content (AvgIpc) is 2.44. The van der Waals surface area contributed by atoms with Crippen LogP contribution in [-0.4, -0.2) is 36.5 Å². The van der Waals surface area contributed by atoms with E-state index >= 15 is 0 Å². The fourth-order valence-electron chi connectivity index (χ4n) is 1.90. The van der Waals surface area contributed by atoms with E-state index in [1.165, 1.54) is 6.92 Å². The van der Waals surface area contributed by atoms with Crippen LogP contribution < -0.4 is 0 Å². The predicted octanol–water partition coefficient (Wildman–Crippen LogP) is 5.38. The lowest BCUT2D eigenvalue weighted by Crippen LogP contribution is -2.63. The highest BCUT2D eigenvalue weighted by atomic mass is 19.4. The Morgan fingerprint density at radius 3 is 1.84 bits per heavy atom. The van der Waals surface area contributed by atoms with Crippen LogP contribution in [0.15, 0.2) is 12.2 Å². The molecular formula is C14H17F9O2. The lowest BCUT2D eigenvalue weighted by atomic mass is 9.86. The summed E-state index contributed by atoms with van der Waals surface area (Å²) in [6.07, 6.45) is -8.91. The quantitative estimate of drug-likeness (QED) is 0.229. The minimum atomic E-state index is -6.90. The molecule has 0 heterocycles. The summed E-state index contributed by atoms with van der Waals surface area (Å²) in [6.45, 7) is 4.95. The maximum Gasteiger partial charge on any atom is 0.460 e. The number of hydrogen-bond donors (Lipinski definition) is 0. The Bertz CT molecular complexity index is 483. The van der Waals surface area contributed by atoms with E-state index in [1.54, 1.807) is 0 Å². The van der Waals surface area contributed by atoms with Crippen LogP contribution in [0, 0.1) is 5.92 Å². The molecule has 0 fully saturated rings. The van der Waals surface area contributed by atoms with Crippen molar-refractivity contribution < 1.29 is 49.0 Å². The van der Waals surface area contributed by atoms with E-state index in [2.05, 4.69) is 11.3 Å². The molecule has 0 rings (SSSR count). The summed E-state index contributed by atoms with van der Waals surface area (Å²) in [7, 11) is 0. The molecule has 0 saturated heterocycles. The van der Waals surface area contributed by atoms with E-state index in [1.807, 2.05) is 0 Å². The summed E-state index contributed by atoms with van der Waals surface area (Å²) in [4.78, 5) is 11.0. The van der Waals surface area contributed by atoms with E-state index in [0.29, 0.717) is 0 Å². The van der Waals surface area contributed by atoms with Gasteiger partial charge in [0.25, 0.3) is 0 Å². The smallest absolute Gasteiger partial charge is 0.460 e. The highest BCUT2D eigenvalue weighted by Gasteiger charge is 2.82. The van der Waals surface area contributed by atoms with Crippen LogP contribution in [0.2, 0.25) is 0 Å². The molecule has 0 aliphatic carbocycles. The van der Waals surface area contributed by atoms with Crippen LogP contribution in [0.5, 0.6) is 0 Å². The van der Waals surface area contributed by atoms with Crippen molar-refractivity contribution in [3.63, 3.8) is 0 Å². The average molecular weight is 388 g/mol. The zero-order valence-electron chi connectivity index (χ0n) is 13.3. The summed E-state index contributed by atoms with van der Waals surface area (Å²) in [6, 6.07) is 0. The number of esters is 1. The second-order valence-electron chi connectivity index (χ2n) is 5.43. The van der Waals surface area contributed by atoms with Gasteiger partial charge in [-0.15, -0.1) is 0 Å². The molecule has 0 saturated carbocycles. The molecule has 0 aromatic rings. The Kier molecular flexibility index (Phi) is 7.41. The number of hydrogen-bond acceptors (Lipinski definition) is 2. The molecule has 2 nitrogen and oxygen atoms in total. The maximum absolute atomic E-state index is 13.8. The van der Waals surface area contributed by atoms with Gasteiger partial charge >= 0.3 is 29.9 Å². The summed E-state index contributed by atoms with van der Waals surface area (Å²) in [5.41, 5.74) is -0.0197. The topological polar surface area (TPSA) is 26.3 Å². The Labute approximate surface area is 138 Å². The molecule has 0 radical (unpaired) electrons. The van der Waals surface area contributed by atoms with E-state index in [4.69, 9.17) is 0 Å². The van der Waals surface area contributed by atoms with Gasteiger partial charge in [0.15, 0.2) is 0 Å². The van der Waals surface area contributed by atoms with Gasteiger partial charge in [-0.1, -0.05) is 13.5 Å². The first-order chi connectivity index (χ1) is 11.0. The van der Waals surface area contributed by atoms with Gasteiger partial charge in [-0.2, -0.15) is 39.5 Å². The van der Waals surface area contributed by atoms with Crippen molar-refractivity contribution in [2.75, 3.05) is 6.61 Å². The molecule has 148 valence electrons. The van der Waals surface area contributed by atoms with E-state index in [0.717, 1.165) is 6.92 Å². The van der Waals surface area contributed by atoms with Crippen molar-refractivity contribution >= 4 is 5.97 Å². The van der Waals surface area contributed by atoms with Crippen molar-refractivity contribution in [2.45, 2.75) is 57.1 Å². The summed E-state index contributed by atoms with van der Waals surface area (Å²) >= 11 is 0. The number of carbonyl (C=O) groups is 1. The fourth-order valence-corrected chi connectivity index (χ4v) is 1.90. The summed E-state index contributed by atoms with van der Waals surface area (Å²) < 4.78 is 121. The number of halogens is 9. The highest BCUT2D eigenvalue weighted by Crippen LogP contribution is 2.56. The van der Waals surface area contributed by atoms with Gasteiger partial charge in [0.05, 0.1) is 6.61 Å². The van der Waals surface area contributed by atoms with Crippen LogP contribution in [0.4, 0.5) is 39.5 Å². The van der Waals surface area contributed by atoms with Gasteiger partial charge in [0, 0.05) is 11.5 Å². The summed E-state index contributed by atoms with van der Waals surface area (Å²) in [5, 5.41) is 0. The minimum Gasteiger partial charge on any atom is -0.462 e. The Morgan fingerprint density at radius 2 is 1.48 bits per heavy atom. The van der Waals surface area contributed by atoms with Gasteiger partial charge in [-0.3, -0.25) is 0 Å². The molecule has 1 atom stereocenters. The SMILES string of the molecule is C=C(C)C(=O)OCCCC(CC)C(F)(F)C(F)(F)C(F)(F)C(F)(F)F. The van der Waals surface area contributed by atoms with Gasteiger partial charge in [0.1, 0.15) is 0 Å². The molecule has 0 amide bonds. The minimum absolute atomic E-state index is 0.0197. The van der Waals surface area contributed by atoms with Gasteiger partial charge in [-0.25, -0.2) is 4.79 Å². The molecule has 0 spiro atoms. The molecule has 0 bridgehead atoms. The molecule has 0 aromatic carbocycles. The van der Waals surface area contributed by atoms with Crippen LogP contribution >= 0.6 is 0 Å². The molecule has 11 heteroatoms. The molecule has 25 heavy (non-hydrogen) atoms. The molecular weight excluding hydrogens is 371 g/mol. The van der Waals surface area contributed by atoms with Crippen molar-refractivity contribution in [3.05, 3.63) is 12.2 Å². The monoisotopic (exact) mass is 388 g/mol. The highest BCUT2D eigenvalue weighted by molar-refractivity contribution is 5.86. The number of ether oxygens (including phenoxy) is 1. The fraction of sp³-hybridized carbons (Fsp3) is 0.786. The van der Waals surface area contributed by atoms with Crippen molar-refractivity contribution in [2.24, 2.45) is 5.92 Å². The van der Waals surface area contributed by atoms with Gasteiger partial charge in [-0.05, 0) is 26.2 Å². The number of rotatable bonds is 9. The third-order valence-corrected chi connectivity index (χ3v) is 3.45. The number of alkyl halides is 9. The van der Waals surface area contributed by atoms with Crippen molar-refractivity contribution in [1.82, 2.24) is 0 Å². The van der Waals surface area contributed by atoms with Crippen LogP contribution in [-0.2, 0) is 9.53 Å². The zero-order chi connectivity index (χ0) is 20.3. The lowest BCUT2D eigenvalue weighted by molar-refractivity contribution is -0.403. The first-order valence-electron chi connectivity index (χ1n) is 7.06. The molecule has 0 aromatic heterocycles. The Hall–Kier alpha value is -1.42. The molecule has 1 unspecified atom stereocenters. The third kappa shape index (κ3) is 4.81. The predicted molar refractivity (Wildman–Crippen MR) is 69.7 cm³/mol. The van der Waals surface area contributed by atoms with E-state index in [-0.39, 0.29) is 5.57 Å². The molecule has 0 N–H and O–H groups in total. The van der Waals surface area contributed by atoms with Gasteiger partial charge in [0.2, 0.25) is 0 Å². The second-order valence-corrected chi connectivity index (χ2v) is 5.43. The normalized spacial score (nSPS) is 15.0. The molecule has 0 aliphatic heterocycles. The largest absolute Gasteiger partial charge is 0.462 e. The number of carbonyl (C=O) groups excluding carboxylic acids is 1. The first kappa shape index (κ1) is 23.6. The Morgan fingerprint density at radius 1 is 1.00 bits per heavy atom. The standard InChI is InChI=1S/C14H17F9O2/c1-4-9(6-5-7-25-10(24)8(2)3)11(15,16)12(17,18)13(19,20)14(21,22)23/h9H,2,4-7H2,1,3H3. The van der Waals surface area contributed by atoms with E-state index in [9.17, 15) is 44.3 Å². The third-order valence-electron chi connectivity index (χ3n) is 3.45. The van der Waals surface area contributed by atoms with Crippen LogP contribution in [0.25, 0.3) is 0 Å². The Balaban J connectivity index is 5.17. The van der Waals surface area contributed by atoms with E-state index < -0.39 is 61.7 Å². The molecule has 0 aliphatic rings. The van der Waals surface area contributed by atoms with Crippen molar-refractivity contribution in [3.8, 4) is 0 Å². The first-order valence-corrected chi connectivity index (χ1v) is 7.06. The van der Waals surface area contributed by atoms with Crippen molar-refractivity contribution in [1.29, 1.82) is 0 Å². The maximum atomic E-state index is 13.8.